The first-order valence-corrected chi connectivity index (χ1v) is 11.5. The molecule has 5 rings (SSSR count). The molecule has 0 unspecified atom stereocenters. The van der Waals surface area contributed by atoms with Crippen molar-refractivity contribution in [3.8, 4) is 10.6 Å². The Bertz CT molecular complexity index is 1230. The number of carbonyl (C=O) groups excluding carboxylic acids is 1. The normalized spacial score (nSPS) is 18.7. The number of aliphatic hydroxyl groups is 1. The van der Waals surface area contributed by atoms with Crippen molar-refractivity contribution in [2.24, 2.45) is 7.05 Å². The quantitative estimate of drug-likeness (QED) is 0.490. The predicted molar refractivity (Wildman–Crippen MR) is 124 cm³/mol. The minimum Gasteiger partial charge on any atom is -0.389 e. The molecular formula is C24H24N4O3S. The molecule has 2 N–H and O–H groups in total. The van der Waals surface area contributed by atoms with E-state index in [2.05, 4.69) is 39.6 Å². The maximum absolute atomic E-state index is 13.0. The van der Waals surface area contributed by atoms with Crippen molar-refractivity contribution in [2.75, 3.05) is 13.2 Å². The fourth-order valence-corrected chi connectivity index (χ4v) is 4.77. The Morgan fingerprint density at radius 1 is 1.31 bits per heavy atom. The molecule has 0 radical (unpaired) electrons. The van der Waals surface area contributed by atoms with Crippen LogP contribution in [0.1, 0.15) is 28.0 Å². The lowest BCUT2D eigenvalue weighted by molar-refractivity contribution is -0.0261. The van der Waals surface area contributed by atoms with Crippen molar-refractivity contribution in [3.05, 3.63) is 71.0 Å². The van der Waals surface area contributed by atoms with Crippen LogP contribution in [0.15, 0.2) is 54.2 Å². The molecule has 1 aliphatic heterocycles. The molecule has 1 saturated heterocycles. The van der Waals surface area contributed by atoms with Crippen LogP contribution in [-0.2, 0) is 18.2 Å². The molecule has 32 heavy (non-hydrogen) atoms. The van der Waals surface area contributed by atoms with Gasteiger partial charge in [-0.3, -0.25) is 4.79 Å². The molecule has 3 aromatic heterocycles. The molecule has 0 aliphatic carbocycles. The van der Waals surface area contributed by atoms with E-state index in [0.29, 0.717) is 25.1 Å². The number of hydrogen-bond donors (Lipinski definition) is 2. The number of nitrogens with zero attached hydrogens (tertiary/aromatic N) is 3. The summed E-state index contributed by atoms with van der Waals surface area (Å²) in [7, 11) is 1.98. The zero-order valence-electron chi connectivity index (χ0n) is 17.7. The number of ether oxygens (including phenoxy) is 1. The van der Waals surface area contributed by atoms with Crippen LogP contribution < -0.4 is 5.32 Å². The second-order valence-corrected chi connectivity index (χ2v) is 8.94. The van der Waals surface area contributed by atoms with Crippen molar-refractivity contribution >= 4 is 28.3 Å². The summed E-state index contributed by atoms with van der Waals surface area (Å²) in [6.45, 7) is 0.758. The molecule has 8 heteroatoms. The van der Waals surface area contributed by atoms with Crippen molar-refractivity contribution in [1.82, 2.24) is 19.9 Å². The van der Waals surface area contributed by atoms with Gasteiger partial charge in [-0.2, -0.15) is 0 Å². The number of aliphatic hydroxyl groups excluding tert-OH is 1. The number of fused-ring (bicyclic) bond motifs is 1. The van der Waals surface area contributed by atoms with Gasteiger partial charge in [0.1, 0.15) is 10.7 Å². The summed E-state index contributed by atoms with van der Waals surface area (Å²) in [5.41, 5.74) is 5.42. The summed E-state index contributed by atoms with van der Waals surface area (Å²) < 4.78 is 7.29. The minimum absolute atomic E-state index is 0.234. The number of amides is 1. The fourth-order valence-electron chi connectivity index (χ4n) is 4.13. The van der Waals surface area contributed by atoms with Crippen molar-refractivity contribution < 1.29 is 14.6 Å². The molecular weight excluding hydrogens is 424 g/mol. The lowest BCUT2D eigenvalue weighted by atomic mass is 10.0. The molecule has 0 bridgehead atoms. The van der Waals surface area contributed by atoms with E-state index < -0.39 is 6.10 Å². The van der Waals surface area contributed by atoms with E-state index in [1.165, 1.54) is 0 Å². The highest BCUT2D eigenvalue weighted by Crippen LogP contribution is 2.25. The van der Waals surface area contributed by atoms with Gasteiger partial charge in [-0.05, 0) is 36.1 Å². The van der Waals surface area contributed by atoms with Crippen LogP contribution in [0.5, 0.6) is 0 Å². The van der Waals surface area contributed by atoms with E-state index in [9.17, 15) is 9.90 Å². The third-order valence-electron chi connectivity index (χ3n) is 5.81. The van der Waals surface area contributed by atoms with Crippen molar-refractivity contribution in [2.45, 2.75) is 25.0 Å². The van der Waals surface area contributed by atoms with E-state index >= 15 is 0 Å². The highest BCUT2D eigenvalue weighted by atomic mass is 32.1. The van der Waals surface area contributed by atoms with E-state index in [-0.39, 0.29) is 18.6 Å². The first-order valence-electron chi connectivity index (χ1n) is 10.6. The SMILES string of the molecule is Cn1ccc2nc(C(=O)N[C@H]3CCOC[C@@H]3O)cc(Cc3ccc(-c4nccs4)cc3)c21. The topological polar surface area (TPSA) is 89.3 Å². The molecule has 1 fully saturated rings. The number of benzene rings is 1. The van der Waals surface area contributed by atoms with Crippen LogP contribution in [0.2, 0.25) is 0 Å². The van der Waals surface area contributed by atoms with Crippen molar-refractivity contribution in [3.63, 3.8) is 0 Å². The third kappa shape index (κ3) is 4.17. The number of aryl methyl sites for hydroxylation is 1. The largest absolute Gasteiger partial charge is 0.389 e. The van der Waals surface area contributed by atoms with Crippen LogP contribution in [0, 0.1) is 0 Å². The molecule has 4 heterocycles. The van der Waals surface area contributed by atoms with Crippen molar-refractivity contribution in [1.29, 1.82) is 0 Å². The first-order chi connectivity index (χ1) is 15.6. The van der Waals surface area contributed by atoms with Gasteiger partial charge in [-0.25, -0.2) is 9.97 Å². The van der Waals surface area contributed by atoms with Gasteiger partial charge in [0.05, 0.1) is 29.8 Å². The number of aromatic nitrogens is 3. The van der Waals surface area contributed by atoms with E-state index in [1.807, 2.05) is 41.5 Å². The number of rotatable bonds is 5. The molecule has 7 nitrogen and oxygen atoms in total. The molecule has 2 atom stereocenters. The number of pyridine rings is 1. The van der Waals surface area contributed by atoms with Crippen LogP contribution >= 0.6 is 11.3 Å². The third-order valence-corrected chi connectivity index (χ3v) is 6.63. The average molecular weight is 449 g/mol. The van der Waals surface area contributed by atoms with Gasteiger partial charge in [0.25, 0.3) is 5.91 Å². The lowest BCUT2D eigenvalue weighted by Gasteiger charge is -2.28. The summed E-state index contributed by atoms with van der Waals surface area (Å²) in [5.74, 6) is -0.276. The van der Waals surface area contributed by atoms with Crippen LogP contribution in [0.4, 0.5) is 0 Å². The average Bonchev–Trinajstić information content (AvgIpc) is 3.46. The maximum Gasteiger partial charge on any atom is 0.270 e. The van der Waals surface area contributed by atoms with Gasteiger partial charge >= 0.3 is 0 Å². The maximum atomic E-state index is 13.0. The molecule has 0 spiro atoms. The Kier molecular flexibility index (Phi) is 5.73. The van der Waals surface area contributed by atoms with Gasteiger partial charge in [0, 0.05) is 37.0 Å². The minimum atomic E-state index is -0.705. The standard InChI is InChI=1S/C24H24N4O3S/c1-28-9-6-19-22(28)17(12-15-2-4-16(5-3-15)24-25-8-11-32-24)13-20(26-19)23(30)27-18-7-10-31-14-21(18)29/h2-6,8-9,11,13,18,21,29H,7,10,12,14H2,1H3,(H,27,30)/t18-,21-/m0/s1. The zero-order chi connectivity index (χ0) is 22.1. The predicted octanol–water partition coefficient (Wildman–Crippen LogP) is 3.17. The number of carbonyl (C=O) groups is 1. The summed E-state index contributed by atoms with van der Waals surface area (Å²) in [6.07, 6.45) is 4.32. The Labute approximate surface area is 189 Å². The number of thiazole rings is 1. The number of nitrogens with one attached hydrogen (secondary N) is 1. The second kappa shape index (κ2) is 8.82. The van der Waals surface area contributed by atoms with Gasteiger partial charge in [0.2, 0.25) is 0 Å². The van der Waals surface area contributed by atoms with Gasteiger partial charge < -0.3 is 19.7 Å². The first kappa shape index (κ1) is 20.8. The highest BCUT2D eigenvalue weighted by molar-refractivity contribution is 7.13. The Hall–Kier alpha value is -3.07. The summed E-state index contributed by atoms with van der Waals surface area (Å²) in [6, 6.07) is 11.8. The van der Waals surface area contributed by atoms with E-state index in [1.54, 1.807) is 11.3 Å². The van der Waals surface area contributed by atoms with E-state index in [4.69, 9.17) is 4.74 Å². The van der Waals surface area contributed by atoms with Crippen LogP contribution in [0.25, 0.3) is 21.6 Å². The summed E-state index contributed by atoms with van der Waals surface area (Å²) in [4.78, 5) is 21.9. The second-order valence-electron chi connectivity index (χ2n) is 8.05. The molecule has 1 aliphatic rings. The Morgan fingerprint density at radius 2 is 2.16 bits per heavy atom. The molecule has 4 aromatic rings. The van der Waals surface area contributed by atoms with Crippen LogP contribution in [-0.4, -0.2) is 50.9 Å². The summed E-state index contributed by atoms with van der Waals surface area (Å²) in [5, 5.41) is 16.0. The van der Waals surface area contributed by atoms with Crippen LogP contribution in [0.3, 0.4) is 0 Å². The van der Waals surface area contributed by atoms with E-state index in [0.717, 1.165) is 32.7 Å². The van der Waals surface area contributed by atoms with Gasteiger partial charge in [-0.1, -0.05) is 24.3 Å². The van der Waals surface area contributed by atoms with Gasteiger partial charge in [0.15, 0.2) is 0 Å². The Morgan fingerprint density at radius 3 is 2.91 bits per heavy atom. The molecule has 0 saturated carbocycles. The van der Waals surface area contributed by atoms with Gasteiger partial charge in [-0.15, -0.1) is 11.3 Å². The summed E-state index contributed by atoms with van der Waals surface area (Å²) >= 11 is 1.62. The number of hydrogen-bond acceptors (Lipinski definition) is 6. The fraction of sp³-hybridized carbons (Fsp3) is 0.292. The molecule has 1 aromatic carbocycles. The molecule has 1 amide bonds. The smallest absolute Gasteiger partial charge is 0.270 e. The lowest BCUT2D eigenvalue weighted by Crippen LogP contribution is -2.48. The zero-order valence-corrected chi connectivity index (χ0v) is 18.5. The monoisotopic (exact) mass is 448 g/mol. The highest BCUT2D eigenvalue weighted by Gasteiger charge is 2.26. The molecule has 164 valence electrons. The Balaban J connectivity index is 1.43.